The summed E-state index contributed by atoms with van der Waals surface area (Å²) in [6, 6.07) is 21.5. The highest BCUT2D eigenvalue weighted by molar-refractivity contribution is 5.92. The summed E-state index contributed by atoms with van der Waals surface area (Å²) in [5.41, 5.74) is 2.56. The van der Waals surface area contributed by atoms with E-state index < -0.39 is 0 Å². The summed E-state index contributed by atoms with van der Waals surface area (Å²) < 4.78 is 11.8. The number of fused-ring (bicyclic) bond motifs is 2. The van der Waals surface area contributed by atoms with Crippen molar-refractivity contribution in [2.45, 2.75) is 18.6 Å². The highest BCUT2D eigenvalue weighted by Gasteiger charge is 2.45. The molecule has 0 saturated carbocycles. The highest BCUT2D eigenvalue weighted by atomic mass is 16.5. The molecule has 1 unspecified atom stereocenters. The van der Waals surface area contributed by atoms with Gasteiger partial charge in [0.25, 0.3) is 5.91 Å². The second-order valence-corrected chi connectivity index (χ2v) is 7.81. The average molecular weight is 416 g/mol. The van der Waals surface area contributed by atoms with Crippen molar-refractivity contribution >= 4 is 11.7 Å². The second kappa shape index (κ2) is 8.35. The smallest absolute Gasteiger partial charge is 0.271 e. The molecule has 1 N–H and O–H groups in total. The van der Waals surface area contributed by atoms with Gasteiger partial charge in [0.05, 0.1) is 19.7 Å². The van der Waals surface area contributed by atoms with Gasteiger partial charge in [0.2, 0.25) is 0 Å². The van der Waals surface area contributed by atoms with E-state index in [4.69, 9.17) is 9.47 Å². The Balaban J connectivity index is 1.16. The van der Waals surface area contributed by atoms with Crippen LogP contribution in [0.25, 0.3) is 0 Å². The number of anilines is 1. The molecular formula is C24H24N4O3. The number of carbonyl (C=O) groups excluding carboxylic acids is 1. The Labute approximate surface area is 181 Å². The van der Waals surface area contributed by atoms with E-state index >= 15 is 0 Å². The lowest BCUT2D eigenvalue weighted by atomic mass is 9.92. The van der Waals surface area contributed by atoms with Crippen LogP contribution in [0.4, 0.5) is 5.82 Å². The minimum absolute atomic E-state index is 0.262. The molecule has 1 saturated heterocycles. The molecule has 2 aromatic carbocycles. The molecule has 0 radical (unpaired) electrons. The van der Waals surface area contributed by atoms with E-state index in [1.807, 2.05) is 36.4 Å². The predicted molar refractivity (Wildman–Crippen MR) is 116 cm³/mol. The van der Waals surface area contributed by atoms with Gasteiger partial charge in [-0.25, -0.2) is 0 Å². The van der Waals surface area contributed by atoms with E-state index in [9.17, 15) is 4.79 Å². The van der Waals surface area contributed by atoms with Crippen molar-refractivity contribution in [1.29, 1.82) is 0 Å². The third-order valence-corrected chi connectivity index (χ3v) is 5.85. The molecule has 158 valence electrons. The Morgan fingerprint density at radius 1 is 1.06 bits per heavy atom. The number of aromatic nitrogens is 2. The van der Waals surface area contributed by atoms with E-state index in [1.54, 1.807) is 6.07 Å². The van der Waals surface area contributed by atoms with Crippen LogP contribution >= 0.6 is 0 Å². The van der Waals surface area contributed by atoms with Crippen LogP contribution in [0.15, 0.2) is 66.7 Å². The summed E-state index contributed by atoms with van der Waals surface area (Å²) in [5, 5.41) is 11.2. The first-order valence-corrected chi connectivity index (χ1v) is 10.5. The predicted octanol–water partition coefficient (Wildman–Crippen LogP) is 2.92. The lowest BCUT2D eigenvalue weighted by Gasteiger charge is -2.25. The fraction of sp³-hybridized carbons (Fsp3) is 0.292. The second-order valence-electron chi connectivity index (χ2n) is 7.81. The Bertz CT molecular complexity index is 1060. The van der Waals surface area contributed by atoms with Crippen molar-refractivity contribution in [2.75, 3.05) is 31.1 Å². The average Bonchev–Trinajstić information content (AvgIpc) is 3.42. The molecule has 1 fully saturated rings. The molecule has 1 aromatic heterocycles. The molecule has 2 aliphatic rings. The minimum Gasteiger partial charge on any atom is -0.492 e. The SMILES string of the molecule is O=C(NCCOc1ccccc1)c1ccc(N2CCC3(C2)OCc2ccccc23)nn1. The summed E-state index contributed by atoms with van der Waals surface area (Å²) in [5.74, 6) is 1.27. The van der Waals surface area contributed by atoms with Crippen LogP contribution in [0, 0.1) is 0 Å². The first-order chi connectivity index (χ1) is 15.2. The van der Waals surface area contributed by atoms with E-state index in [0.717, 1.165) is 31.1 Å². The van der Waals surface area contributed by atoms with Crippen LogP contribution in [0.3, 0.4) is 0 Å². The maximum atomic E-state index is 12.3. The number of amides is 1. The van der Waals surface area contributed by atoms with Crippen molar-refractivity contribution in [2.24, 2.45) is 0 Å². The zero-order chi connectivity index (χ0) is 21.1. The summed E-state index contributed by atoms with van der Waals surface area (Å²) in [4.78, 5) is 14.5. The maximum Gasteiger partial charge on any atom is 0.271 e. The summed E-state index contributed by atoms with van der Waals surface area (Å²) in [6.07, 6.45) is 0.912. The van der Waals surface area contributed by atoms with Gasteiger partial charge < -0.3 is 19.7 Å². The number of hydrogen-bond acceptors (Lipinski definition) is 6. The van der Waals surface area contributed by atoms with Gasteiger partial charge in [-0.1, -0.05) is 42.5 Å². The topological polar surface area (TPSA) is 76.6 Å². The fourth-order valence-electron chi connectivity index (χ4n) is 4.26. The van der Waals surface area contributed by atoms with Crippen LogP contribution in [-0.4, -0.2) is 42.3 Å². The van der Waals surface area contributed by atoms with E-state index in [0.29, 0.717) is 25.5 Å². The first-order valence-electron chi connectivity index (χ1n) is 10.5. The minimum atomic E-state index is -0.271. The molecule has 7 heteroatoms. The maximum absolute atomic E-state index is 12.3. The third kappa shape index (κ3) is 3.96. The van der Waals surface area contributed by atoms with Gasteiger partial charge in [-0.05, 0) is 41.8 Å². The number of ether oxygens (including phenoxy) is 2. The van der Waals surface area contributed by atoms with Gasteiger partial charge in [0, 0.05) is 6.54 Å². The van der Waals surface area contributed by atoms with Gasteiger partial charge in [-0.3, -0.25) is 4.79 Å². The Morgan fingerprint density at radius 3 is 2.74 bits per heavy atom. The molecule has 5 rings (SSSR count). The number of carbonyl (C=O) groups is 1. The third-order valence-electron chi connectivity index (χ3n) is 5.85. The molecule has 1 spiro atoms. The number of para-hydroxylation sites is 1. The van der Waals surface area contributed by atoms with E-state index in [2.05, 4.69) is 44.7 Å². The van der Waals surface area contributed by atoms with Crippen molar-refractivity contribution in [3.05, 3.63) is 83.6 Å². The lowest BCUT2D eigenvalue weighted by Crippen LogP contribution is -2.31. The van der Waals surface area contributed by atoms with Crippen LogP contribution in [0.1, 0.15) is 28.0 Å². The molecule has 3 aromatic rings. The van der Waals surface area contributed by atoms with E-state index in [1.165, 1.54) is 11.1 Å². The molecule has 0 aliphatic carbocycles. The van der Waals surface area contributed by atoms with Crippen molar-refractivity contribution in [1.82, 2.24) is 15.5 Å². The Kier molecular flexibility index (Phi) is 5.26. The van der Waals surface area contributed by atoms with Crippen LogP contribution in [0.2, 0.25) is 0 Å². The molecule has 3 heterocycles. The molecule has 0 bridgehead atoms. The van der Waals surface area contributed by atoms with E-state index in [-0.39, 0.29) is 11.5 Å². The van der Waals surface area contributed by atoms with Gasteiger partial charge >= 0.3 is 0 Å². The molecule has 1 amide bonds. The van der Waals surface area contributed by atoms with Gasteiger partial charge in [0.15, 0.2) is 11.5 Å². The first kappa shape index (κ1) is 19.5. The molecule has 1 atom stereocenters. The van der Waals surface area contributed by atoms with Gasteiger partial charge in [-0.2, -0.15) is 0 Å². The zero-order valence-corrected chi connectivity index (χ0v) is 17.2. The lowest BCUT2D eigenvalue weighted by molar-refractivity contribution is -0.0205. The number of rotatable bonds is 6. The normalized spacial score (nSPS) is 19.4. The Morgan fingerprint density at radius 2 is 1.90 bits per heavy atom. The van der Waals surface area contributed by atoms with Crippen LogP contribution < -0.4 is 15.0 Å². The fourth-order valence-corrected chi connectivity index (χ4v) is 4.26. The zero-order valence-electron chi connectivity index (χ0n) is 17.2. The van der Waals surface area contributed by atoms with Crippen LogP contribution in [0.5, 0.6) is 5.75 Å². The van der Waals surface area contributed by atoms with Crippen LogP contribution in [-0.2, 0) is 16.9 Å². The molecular weight excluding hydrogens is 392 g/mol. The van der Waals surface area contributed by atoms with Crippen molar-refractivity contribution in [3.8, 4) is 5.75 Å². The van der Waals surface area contributed by atoms with Gasteiger partial charge in [0.1, 0.15) is 18.0 Å². The summed E-state index contributed by atoms with van der Waals surface area (Å²) in [7, 11) is 0. The van der Waals surface area contributed by atoms with Gasteiger partial charge in [-0.15, -0.1) is 10.2 Å². The Hall–Kier alpha value is -3.45. The quantitative estimate of drug-likeness (QED) is 0.623. The summed E-state index contributed by atoms with van der Waals surface area (Å²) >= 11 is 0. The molecule has 2 aliphatic heterocycles. The number of nitrogens with zero attached hydrogens (tertiary/aromatic N) is 3. The molecule has 7 nitrogen and oxygen atoms in total. The largest absolute Gasteiger partial charge is 0.492 e. The van der Waals surface area contributed by atoms with Crippen molar-refractivity contribution in [3.63, 3.8) is 0 Å². The van der Waals surface area contributed by atoms with Crippen molar-refractivity contribution < 1.29 is 14.3 Å². The number of nitrogens with one attached hydrogen (secondary N) is 1. The molecule has 31 heavy (non-hydrogen) atoms. The monoisotopic (exact) mass is 416 g/mol. The summed E-state index contributed by atoms with van der Waals surface area (Å²) in [6.45, 7) is 3.01. The number of hydrogen-bond donors (Lipinski definition) is 1. The standard InChI is InChI=1S/C24H24N4O3/c29-23(25-13-15-30-19-7-2-1-3-8-19)21-10-11-22(27-26-21)28-14-12-24(17-28)20-9-5-4-6-18(20)16-31-24/h1-11H,12-17H2,(H,25,29). The number of benzene rings is 2. The highest BCUT2D eigenvalue weighted by Crippen LogP contribution is 2.43.